The van der Waals surface area contributed by atoms with Gasteiger partial charge in [0.25, 0.3) is 0 Å². The van der Waals surface area contributed by atoms with Crippen molar-refractivity contribution in [1.29, 1.82) is 5.26 Å². The quantitative estimate of drug-likeness (QED) is 0.510. The molecule has 2 aromatic rings. The molecule has 1 aromatic heterocycles. The van der Waals surface area contributed by atoms with Crippen LogP contribution in [0.4, 0.5) is 26.3 Å². The molecule has 1 fully saturated rings. The third-order valence-corrected chi connectivity index (χ3v) is 5.23. The number of benzene rings is 1. The molecule has 0 aliphatic heterocycles. The van der Waals surface area contributed by atoms with Gasteiger partial charge >= 0.3 is 12.5 Å². The Morgan fingerprint density at radius 3 is 2.57 bits per heavy atom. The Kier molecular flexibility index (Phi) is 7.86. The summed E-state index contributed by atoms with van der Waals surface area (Å²) in [6, 6.07) is 4.55. The number of nitriles is 1. The maximum Gasteiger partial charge on any atom is 0.522 e. The number of rotatable bonds is 9. The zero-order valence-corrected chi connectivity index (χ0v) is 18.1. The minimum atomic E-state index is -4.69. The third kappa shape index (κ3) is 7.30. The van der Waals surface area contributed by atoms with Gasteiger partial charge in [-0.25, -0.2) is 4.98 Å². The molecule has 1 amide bonds. The zero-order valence-electron chi connectivity index (χ0n) is 18.1. The number of aromatic nitrogens is 2. The Morgan fingerprint density at radius 2 is 1.94 bits per heavy atom. The minimum Gasteiger partial charge on any atom is -0.368 e. The maximum atomic E-state index is 12.9. The second-order valence-corrected chi connectivity index (χ2v) is 7.79. The summed E-state index contributed by atoms with van der Waals surface area (Å²) in [5, 5.41) is 11.8. The van der Waals surface area contributed by atoms with Gasteiger partial charge in [-0.2, -0.15) is 18.4 Å². The van der Waals surface area contributed by atoms with E-state index < -0.39 is 36.2 Å². The van der Waals surface area contributed by atoms with Crippen LogP contribution in [0.15, 0.2) is 37.3 Å². The smallest absolute Gasteiger partial charge is 0.368 e. The van der Waals surface area contributed by atoms with E-state index in [-0.39, 0.29) is 42.8 Å². The SMILES string of the molecule is C=C(CCNC(=O)COC1CC(OC(F)(F)F)C1)n1cnc(-c2ccc(C(F)(F)F)cc2C#N)c1. The molecule has 188 valence electrons. The van der Waals surface area contributed by atoms with Crippen LogP contribution in [0, 0.1) is 11.3 Å². The molecule has 1 saturated carbocycles. The molecule has 13 heteroatoms. The van der Waals surface area contributed by atoms with Crippen LogP contribution in [-0.4, -0.2) is 47.2 Å². The second-order valence-electron chi connectivity index (χ2n) is 7.79. The van der Waals surface area contributed by atoms with Crippen molar-refractivity contribution in [2.45, 2.75) is 44.0 Å². The van der Waals surface area contributed by atoms with Crippen LogP contribution in [0.2, 0.25) is 0 Å². The molecule has 7 nitrogen and oxygen atoms in total. The molecule has 1 aliphatic rings. The molecule has 0 radical (unpaired) electrons. The summed E-state index contributed by atoms with van der Waals surface area (Å²) < 4.78 is 85.5. The lowest BCUT2D eigenvalue weighted by Crippen LogP contribution is -2.42. The highest BCUT2D eigenvalue weighted by Gasteiger charge is 2.40. The van der Waals surface area contributed by atoms with E-state index in [9.17, 15) is 36.4 Å². The van der Waals surface area contributed by atoms with E-state index >= 15 is 0 Å². The van der Waals surface area contributed by atoms with Crippen molar-refractivity contribution in [3.8, 4) is 17.3 Å². The van der Waals surface area contributed by atoms with Crippen LogP contribution in [0.5, 0.6) is 0 Å². The summed E-state index contributed by atoms with van der Waals surface area (Å²) in [6.45, 7) is 3.75. The minimum absolute atomic E-state index is 0.0546. The van der Waals surface area contributed by atoms with Gasteiger partial charge in [-0.1, -0.05) is 12.6 Å². The van der Waals surface area contributed by atoms with Gasteiger partial charge in [-0.05, 0) is 12.1 Å². The number of carbonyl (C=O) groups excluding carboxylic acids is 1. The van der Waals surface area contributed by atoms with E-state index in [2.05, 4.69) is 21.6 Å². The van der Waals surface area contributed by atoms with Crippen molar-refractivity contribution in [3.05, 3.63) is 48.4 Å². The summed E-state index contributed by atoms with van der Waals surface area (Å²) in [6.07, 6.45) is -7.41. The number of imidazole rings is 1. The largest absolute Gasteiger partial charge is 0.522 e. The molecular formula is C22H20F6N4O3. The first-order chi connectivity index (χ1) is 16.4. The van der Waals surface area contributed by atoms with Crippen LogP contribution >= 0.6 is 0 Å². The van der Waals surface area contributed by atoms with Gasteiger partial charge in [0.05, 0.1) is 41.4 Å². The van der Waals surface area contributed by atoms with E-state index in [1.54, 1.807) is 6.07 Å². The number of halogens is 6. The highest BCUT2D eigenvalue weighted by molar-refractivity contribution is 5.77. The average molecular weight is 502 g/mol. The van der Waals surface area contributed by atoms with E-state index in [1.165, 1.54) is 23.2 Å². The highest BCUT2D eigenvalue weighted by Crippen LogP contribution is 2.33. The third-order valence-electron chi connectivity index (χ3n) is 5.23. The second kappa shape index (κ2) is 10.5. The lowest BCUT2D eigenvalue weighted by atomic mass is 9.92. The Morgan fingerprint density at radius 1 is 1.23 bits per heavy atom. The number of nitrogens with zero attached hydrogens (tertiary/aromatic N) is 3. The number of alkyl halides is 6. The number of hydrogen-bond acceptors (Lipinski definition) is 5. The van der Waals surface area contributed by atoms with Crippen molar-refractivity contribution in [2.24, 2.45) is 0 Å². The molecule has 1 heterocycles. The number of nitrogens with one attached hydrogen (secondary N) is 1. The van der Waals surface area contributed by atoms with Crippen molar-refractivity contribution in [3.63, 3.8) is 0 Å². The summed E-state index contributed by atoms with van der Waals surface area (Å²) in [5.74, 6) is -0.451. The molecule has 1 N–H and O–H groups in total. The van der Waals surface area contributed by atoms with Crippen LogP contribution < -0.4 is 5.32 Å². The fourth-order valence-electron chi connectivity index (χ4n) is 3.33. The predicted octanol–water partition coefficient (Wildman–Crippen LogP) is 4.50. The standard InChI is InChI=1S/C22H20F6N4O3/c1-13(4-5-30-20(33)11-34-16-7-17(8-16)35-22(26,27)28)32-10-19(31-12-32)18-3-2-15(21(23,24)25)6-14(18)9-29/h2-3,6,10,12,16-17H,1,4-5,7-8,11H2,(H,30,33). The van der Waals surface area contributed by atoms with Crippen molar-refractivity contribution >= 4 is 11.6 Å². The number of amides is 1. The van der Waals surface area contributed by atoms with Crippen molar-refractivity contribution in [2.75, 3.05) is 13.2 Å². The van der Waals surface area contributed by atoms with E-state index in [0.29, 0.717) is 12.1 Å². The first-order valence-electron chi connectivity index (χ1n) is 10.3. The Hall–Kier alpha value is -3.37. The number of carbonyl (C=O) groups is 1. The number of ether oxygens (including phenoxy) is 2. The van der Waals surface area contributed by atoms with Gasteiger partial charge in [0.1, 0.15) is 6.61 Å². The first-order valence-corrected chi connectivity index (χ1v) is 10.3. The first kappa shape index (κ1) is 26.2. The summed E-state index contributed by atoms with van der Waals surface area (Å²) in [5.41, 5.74) is -0.0844. The molecule has 0 saturated heterocycles. The molecule has 0 unspecified atom stereocenters. The summed E-state index contributed by atoms with van der Waals surface area (Å²) in [7, 11) is 0. The van der Waals surface area contributed by atoms with Gasteiger partial charge in [0.2, 0.25) is 5.91 Å². The monoisotopic (exact) mass is 502 g/mol. The molecule has 0 bridgehead atoms. The summed E-state index contributed by atoms with van der Waals surface area (Å²) >= 11 is 0. The molecule has 35 heavy (non-hydrogen) atoms. The molecule has 3 rings (SSSR count). The van der Waals surface area contributed by atoms with E-state index in [0.717, 1.165) is 12.1 Å². The number of hydrogen-bond donors (Lipinski definition) is 1. The highest BCUT2D eigenvalue weighted by atomic mass is 19.4. The van der Waals surface area contributed by atoms with Crippen LogP contribution in [0.1, 0.15) is 30.4 Å². The Labute approximate surface area is 196 Å². The van der Waals surface area contributed by atoms with Gasteiger partial charge in [0.15, 0.2) is 0 Å². The average Bonchev–Trinajstić information content (AvgIpc) is 3.23. The van der Waals surface area contributed by atoms with Crippen LogP contribution in [0.25, 0.3) is 17.0 Å². The van der Waals surface area contributed by atoms with E-state index in [1.807, 2.05) is 0 Å². The van der Waals surface area contributed by atoms with Gasteiger partial charge < -0.3 is 14.6 Å². The normalized spacial score (nSPS) is 18.0. The maximum absolute atomic E-state index is 12.9. The topological polar surface area (TPSA) is 89.2 Å². The predicted molar refractivity (Wildman–Crippen MR) is 110 cm³/mol. The van der Waals surface area contributed by atoms with E-state index in [4.69, 9.17) is 4.74 Å². The molecular weight excluding hydrogens is 482 g/mol. The van der Waals surface area contributed by atoms with Gasteiger partial charge in [0, 0.05) is 43.3 Å². The Bertz CT molecular complexity index is 1110. The van der Waals surface area contributed by atoms with Gasteiger partial charge in [-0.15, -0.1) is 13.2 Å². The molecule has 1 aromatic carbocycles. The summed E-state index contributed by atoms with van der Waals surface area (Å²) in [4.78, 5) is 16.0. The van der Waals surface area contributed by atoms with Crippen LogP contribution in [-0.2, 0) is 20.4 Å². The lowest BCUT2D eigenvalue weighted by molar-refractivity contribution is -0.357. The lowest BCUT2D eigenvalue weighted by Gasteiger charge is -2.34. The molecule has 0 atom stereocenters. The van der Waals surface area contributed by atoms with Crippen molar-refractivity contribution < 1.29 is 40.6 Å². The molecule has 0 spiro atoms. The Balaban J connectivity index is 1.44. The van der Waals surface area contributed by atoms with Crippen molar-refractivity contribution in [1.82, 2.24) is 14.9 Å². The molecule has 1 aliphatic carbocycles. The fourth-order valence-corrected chi connectivity index (χ4v) is 3.33. The van der Waals surface area contributed by atoms with Crippen LogP contribution in [0.3, 0.4) is 0 Å². The fraction of sp³-hybridized carbons (Fsp3) is 0.409. The van der Waals surface area contributed by atoms with Gasteiger partial charge in [-0.3, -0.25) is 9.53 Å². The zero-order chi connectivity index (χ0) is 25.8.